The number of nitrogens with one attached hydrogen (secondary N) is 1. The van der Waals surface area contributed by atoms with Crippen molar-refractivity contribution < 1.29 is 8.78 Å². The van der Waals surface area contributed by atoms with Gasteiger partial charge in [0.1, 0.15) is 22.7 Å². The highest BCUT2D eigenvalue weighted by Gasteiger charge is 2.20. The minimum atomic E-state index is -2.66. The predicted molar refractivity (Wildman–Crippen MR) is 94.0 cm³/mol. The Balaban J connectivity index is 1.80. The van der Waals surface area contributed by atoms with Crippen LogP contribution in [0.3, 0.4) is 0 Å². The molecule has 0 bridgehead atoms. The average Bonchev–Trinajstić information content (AvgIpc) is 3.01. The van der Waals surface area contributed by atoms with Crippen molar-refractivity contribution in [3.8, 4) is 0 Å². The number of alkyl halides is 2. The summed E-state index contributed by atoms with van der Waals surface area (Å²) < 4.78 is 27.0. The van der Waals surface area contributed by atoms with Crippen molar-refractivity contribution in [2.45, 2.75) is 19.9 Å². The fourth-order valence-electron chi connectivity index (χ4n) is 2.72. The number of anilines is 1. The smallest absolute Gasteiger partial charge is 0.282 e. The predicted octanol–water partition coefficient (Wildman–Crippen LogP) is 4.49. The summed E-state index contributed by atoms with van der Waals surface area (Å²) in [5.41, 5.74) is 1.86. The summed E-state index contributed by atoms with van der Waals surface area (Å²) in [4.78, 5) is 9.17. The molecule has 4 aromatic rings. The molecule has 0 aliphatic carbocycles. The Labute approximate surface area is 145 Å². The first-order valence-corrected chi connectivity index (χ1v) is 8.43. The van der Waals surface area contributed by atoms with E-state index < -0.39 is 6.43 Å². The molecule has 8 heteroatoms. The number of hydrogen-bond acceptors (Lipinski definition) is 6. The number of aryl methyl sites for hydroxylation is 1. The van der Waals surface area contributed by atoms with Crippen LogP contribution in [0.2, 0.25) is 0 Å². The van der Waals surface area contributed by atoms with Crippen LogP contribution in [-0.2, 0) is 6.54 Å². The van der Waals surface area contributed by atoms with Crippen LogP contribution in [0.4, 0.5) is 14.6 Å². The zero-order chi connectivity index (χ0) is 17.4. The van der Waals surface area contributed by atoms with Gasteiger partial charge in [0.2, 0.25) is 0 Å². The van der Waals surface area contributed by atoms with E-state index in [9.17, 15) is 8.78 Å². The number of halogens is 2. The summed E-state index contributed by atoms with van der Waals surface area (Å²) >= 11 is 1.35. The molecule has 3 heterocycles. The van der Waals surface area contributed by atoms with Gasteiger partial charge in [-0.15, -0.1) is 21.5 Å². The van der Waals surface area contributed by atoms with Gasteiger partial charge in [-0.3, -0.25) is 0 Å². The van der Waals surface area contributed by atoms with Crippen LogP contribution in [0.5, 0.6) is 0 Å². The Bertz CT molecular complexity index is 1050. The van der Waals surface area contributed by atoms with Crippen LogP contribution in [0.15, 0.2) is 36.7 Å². The van der Waals surface area contributed by atoms with Crippen LogP contribution < -0.4 is 5.32 Å². The van der Waals surface area contributed by atoms with Gasteiger partial charge in [-0.1, -0.05) is 30.3 Å². The maximum atomic E-state index is 13.1. The molecule has 1 aromatic carbocycles. The SMILES string of the molecule is Cc1c(C(F)F)nnc2sc3c(NCc4ccccc4)ncnc3c12. The Morgan fingerprint density at radius 3 is 2.68 bits per heavy atom. The summed E-state index contributed by atoms with van der Waals surface area (Å²) in [5, 5.41) is 11.5. The summed E-state index contributed by atoms with van der Waals surface area (Å²) in [6, 6.07) is 9.93. The molecule has 0 saturated carbocycles. The minimum Gasteiger partial charge on any atom is -0.365 e. The minimum absolute atomic E-state index is 0.301. The third-order valence-electron chi connectivity index (χ3n) is 3.97. The van der Waals surface area contributed by atoms with E-state index in [0.29, 0.717) is 33.7 Å². The molecule has 0 aliphatic heterocycles. The van der Waals surface area contributed by atoms with Crippen LogP contribution in [0.25, 0.3) is 20.4 Å². The molecule has 0 amide bonds. The first-order chi connectivity index (χ1) is 12.1. The van der Waals surface area contributed by atoms with Crippen LogP contribution in [0.1, 0.15) is 23.2 Å². The van der Waals surface area contributed by atoms with Gasteiger partial charge in [0.05, 0.1) is 10.2 Å². The van der Waals surface area contributed by atoms with Gasteiger partial charge in [-0.05, 0) is 18.1 Å². The normalized spacial score (nSPS) is 11.5. The first kappa shape index (κ1) is 15.8. The second-order valence-electron chi connectivity index (χ2n) is 5.53. The molecular formula is C17H13F2N5S. The number of benzene rings is 1. The molecule has 0 fully saturated rings. The van der Waals surface area contributed by atoms with E-state index in [0.717, 1.165) is 10.3 Å². The highest BCUT2D eigenvalue weighted by Crippen LogP contribution is 2.38. The lowest BCUT2D eigenvalue weighted by atomic mass is 10.1. The van der Waals surface area contributed by atoms with E-state index in [2.05, 4.69) is 25.5 Å². The maximum absolute atomic E-state index is 13.1. The van der Waals surface area contributed by atoms with Gasteiger partial charge in [0.15, 0.2) is 0 Å². The number of nitrogens with zero attached hydrogens (tertiary/aromatic N) is 4. The third kappa shape index (κ3) is 2.78. The molecule has 0 aliphatic rings. The van der Waals surface area contributed by atoms with Crippen LogP contribution in [-0.4, -0.2) is 20.2 Å². The number of thiophene rings is 1. The molecule has 1 N–H and O–H groups in total. The molecule has 0 atom stereocenters. The molecule has 0 unspecified atom stereocenters. The second-order valence-corrected chi connectivity index (χ2v) is 6.53. The number of rotatable bonds is 4. The largest absolute Gasteiger partial charge is 0.365 e. The topological polar surface area (TPSA) is 63.6 Å². The van der Waals surface area contributed by atoms with Crippen molar-refractivity contribution in [1.29, 1.82) is 0 Å². The summed E-state index contributed by atoms with van der Waals surface area (Å²) in [6.07, 6.45) is -1.23. The standard InChI is InChI=1S/C17H13F2N5S/c1-9-11-13-14(25-17(11)24-23-12(9)15(18)19)16(22-8-21-13)20-7-10-5-3-2-4-6-10/h2-6,8,15H,7H2,1H3,(H,20,21,22). The van der Waals surface area contributed by atoms with Gasteiger partial charge < -0.3 is 5.32 Å². The molecule has 5 nitrogen and oxygen atoms in total. The summed E-state index contributed by atoms with van der Waals surface area (Å²) in [7, 11) is 0. The fraction of sp³-hybridized carbons (Fsp3) is 0.176. The zero-order valence-corrected chi connectivity index (χ0v) is 14.0. The van der Waals surface area contributed by atoms with Crippen molar-refractivity contribution >= 4 is 37.6 Å². The molecule has 0 spiro atoms. The molecule has 4 rings (SSSR count). The van der Waals surface area contributed by atoms with Gasteiger partial charge in [0, 0.05) is 11.9 Å². The Morgan fingerprint density at radius 2 is 1.92 bits per heavy atom. The summed E-state index contributed by atoms with van der Waals surface area (Å²) in [5.74, 6) is 0.662. The third-order valence-corrected chi connectivity index (χ3v) is 5.04. The van der Waals surface area contributed by atoms with Crippen molar-refractivity contribution in [3.63, 3.8) is 0 Å². The first-order valence-electron chi connectivity index (χ1n) is 7.61. The summed E-state index contributed by atoms with van der Waals surface area (Å²) in [6.45, 7) is 2.23. The molecule has 126 valence electrons. The zero-order valence-electron chi connectivity index (χ0n) is 13.2. The maximum Gasteiger partial charge on any atom is 0.282 e. The molecule has 0 radical (unpaired) electrons. The van der Waals surface area contributed by atoms with Crippen molar-refractivity contribution in [2.24, 2.45) is 0 Å². The van der Waals surface area contributed by atoms with E-state index in [4.69, 9.17) is 0 Å². The lowest BCUT2D eigenvalue weighted by Crippen LogP contribution is -2.01. The van der Waals surface area contributed by atoms with E-state index >= 15 is 0 Å². The van der Waals surface area contributed by atoms with Gasteiger partial charge in [0.25, 0.3) is 6.43 Å². The van der Waals surface area contributed by atoms with E-state index in [1.54, 1.807) is 6.92 Å². The van der Waals surface area contributed by atoms with Gasteiger partial charge in [-0.25, -0.2) is 18.7 Å². The van der Waals surface area contributed by atoms with Crippen LogP contribution >= 0.6 is 11.3 Å². The molecule has 0 saturated heterocycles. The fourth-order valence-corrected chi connectivity index (χ4v) is 3.82. The van der Waals surface area contributed by atoms with Crippen molar-refractivity contribution in [1.82, 2.24) is 20.2 Å². The Morgan fingerprint density at radius 1 is 1.12 bits per heavy atom. The number of hydrogen-bond donors (Lipinski definition) is 1. The monoisotopic (exact) mass is 357 g/mol. The number of aromatic nitrogens is 4. The van der Waals surface area contributed by atoms with Crippen molar-refractivity contribution in [3.05, 3.63) is 53.5 Å². The highest BCUT2D eigenvalue weighted by molar-refractivity contribution is 7.25. The Hall–Kier alpha value is -2.74. The molecular weight excluding hydrogens is 344 g/mol. The quantitative estimate of drug-likeness (QED) is 0.583. The average molecular weight is 357 g/mol. The second kappa shape index (κ2) is 6.29. The lowest BCUT2D eigenvalue weighted by Gasteiger charge is -2.06. The highest BCUT2D eigenvalue weighted by atomic mass is 32.1. The van der Waals surface area contributed by atoms with E-state index in [1.807, 2.05) is 30.3 Å². The van der Waals surface area contributed by atoms with Gasteiger partial charge >= 0.3 is 0 Å². The lowest BCUT2D eigenvalue weighted by molar-refractivity contribution is 0.144. The van der Waals surface area contributed by atoms with E-state index in [1.165, 1.54) is 17.7 Å². The van der Waals surface area contributed by atoms with E-state index in [-0.39, 0.29) is 5.69 Å². The van der Waals surface area contributed by atoms with Crippen molar-refractivity contribution in [2.75, 3.05) is 5.32 Å². The molecule has 3 aromatic heterocycles. The Kier molecular flexibility index (Phi) is 3.96. The van der Waals surface area contributed by atoms with Gasteiger partial charge in [-0.2, -0.15) is 0 Å². The van der Waals surface area contributed by atoms with Crippen LogP contribution in [0, 0.1) is 6.92 Å². The number of fused-ring (bicyclic) bond motifs is 3. The molecule has 25 heavy (non-hydrogen) atoms.